The fourth-order valence-electron chi connectivity index (χ4n) is 2.67. The SMILES string of the molecule is CC(=O)Nc1ccc(-c2c(C(=O)O)ccc3nc(N)nc(N)c23)cc1. The predicted octanol–water partition coefficient (Wildman–Crippen LogP) is 2.12. The van der Waals surface area contributed by atoms with Crippen molar-refractivity contribution in [3.8, 4) is 11.1 Å². The maximum atomic E-state index is 11.7. The monoisotopic (exact) mass is 337 g/mol. The van der Waals surface area contributed by atoms with E-state index in [1.807, 2.05) is 0 Å². The Morgan fingerprint density at radius 2 is 1.72 bits per heavy atom. The zero-order valence-electron chi connectivity index (χ0n) is 13.3. The number of aromatic carboxylic acids is 1. The molecule has 0 fully saturated rings. The molecule has 0 atom stereocenters. The summed E-state index contributed by atoms with van der Waals surface area (Å²) >= 11 is 0. The van der Waals surface area contributed by atoms with Gasteiger partial charge in [0.1, 0.15) is 5.82 Å². The third-order valence-corrected chi connectivity index (χ3v) is 3.63. The Morgan fingerprint density at radius 3 is 2.32 bits per heavy atom. The highest BCUT2D eigenvalue weighted by Crippen LogP contribution is 2.35. The number of nitrogen functional groups attached to an aromatic ring is 2. The van der Waals surface area contributed by atoms with Crippen LogP contribution in [0.25, 0.3) is 22.0 Å². The number of carbonyl (C=O) groups excluding carboxylic acids is 1. The molecule has 0 spiro atoms. The number of carbonyl (C=O) groups is 2. The summed E-state index contributed by atoms with van der Waals surface area (Å²) in [4.78, 5) is 30.9. The molecule has 0 unspecified atom stereocenters. The lowest BCUT2D eigenvalue weighted by Gasteiger charge is -2.13. The van der Waals surface area contributed by atoms with Crippen LogP contribution in [-0.2, 0) is 4.79 Å². The van der Waals surface area contributed by atoms with Crippen molar-refractivity contribution in [2.75, 3.05) is 16.8 Å². The minimum absolute atomic E-state index is 0.0139. The molecule has 8 heteroatoms. The number of hydrogen-bond donors (Lipinski definition) is 4. The number of nitrogens with one attached hydrogen (secondary N) is 1. The standard InChI is InChI=1S/C17H15N5O3/c1-8(23)20-10-4-2-9(3-5-10)13-11(16(24)25)6-7-12-14(13)15(18)22-17(19)21-12/h2-7H,1H3,(H,20,23)(H,24,25)(H4,18,19,21,22). The van der Waals surface area contributed by atoms with E-state index >= 15 is 0 Å². The summed E-state index contributed by atoms with van der Waals surface area (Å²) in [7, 11) is 0. The maximum absolute atomic E-state index is 11.7. The molecule has 0 saturated heterocycles. The third kappa shape index (κ3) is 3.05. The molecular formula is C17H15N5O3. The number of amides is 1. The van der Waals surface area contributed by atoms with Crippen LogP contribution in [0.2, 0.25) is 0 Å². The van der Waals surface area contributed by atoms with E-state index < -0.39 is 5.97 Å². The largest absolute Gasteiger partial charge is 0.478 e. The first-order valence-electron chi connectivity index (χ1n) is 7.34. The summed E-state index contributed by atoms with van der Waals surface area (Å²) < 4.78 is 0. The van der Waals surface area contributed by atoms with E-state index in [0.717, 1.165) is 0 Å². The molecule has 126 valence electrons. The van der Waals surface area contributed by atoms with E-state index in [1.54, 1.807) is 30.3 Å². The van der Waals surface area contributed by atoms with Crippen LogP contribution in [0.5, 0.6) is 0 Å². The van der Waals surface area contributed by atoms with Gasteiger partial charge in [0.05, 0.1) is 16.5 Å². The van der Waals surface area contributed by atoms with Crippen molar-refractivity contribution >= 4 is 40.2 Å². The number of carboxylic acid groups (broad SMARTS) is 1. The summed E-state index contributed by atoms with van der Waals surface area (Å²) in [5.41, 5.74) is 13.7. The van der Waals surface area contributed by atoms with Crippen molar-refractivity contribution in [3.63, 3.8) is 0 Å². The number of nitrogens with zero attached hydrogens (tertiary/aromatic N) is 2. The van der Waals surface area contributed by atoms with Crippen LogP contribution in [0.3, 0.4) is 0 Å². The molecule has 1 amide bonds. The summed E-state index contributed by atoms with van der Waals surface area (Å²) in [6.07, 6.45) is 0. The van der Waals surface area contributed by atoms with Crippen molar-refractivity contribution in [3.05, 3.63) is 42.0 Å². The number of fused-ring (bicyclic) bond motifs is 1. The van der Waals surface area contributed by atoms with Gasteiger partial charge in [0.15, 0.2) is 0 Å². The lowest BCUT2D eigenvalue weighted by molar-refractivity contribution is -0.114. The van der Waals surface area contributed by atoms with Crippen molar-refractivity contribution in [2.24, 2.45) is 0 Å². The average Bonchev–Trinajstić information content (AvgIpc) is 2.53. The number of hydrogen-bond acceptors (Lipinski definition) is 6. The van der Waals surface area contributed by atoms with Gasteiger partial charge in [0.2, 0.25) is 11.9 Å². The molecule has 3 aromatic rings. The van der Waals surface area contributed by atoms with Crippen molar-refractivity contribution in [2.45, 2.75) is 6.92 Å². The fraction of sp³-hybridized carbons (Fsp3) is 0.0588. The van der Waals surface area contributed by atoms with Gasteiger partial charge in [-0.05, 0) is 29.8 Å². The first-order valence-corrected chi connectivity index (χ1v) is 7.34. The van der Waals surface area contributed by atoms with Gasteiger partial charge in [0.25, 0.3) is 0 Å². The summed E-state index contributed by atoms with van der Waals surface area (Å²) in [6.45, 7) is 1.41. The highest BCUT2D eigenvalue weighted by Gasteiger charge is 2.18. The summed E-state index contributed by atoms with van der Waals surface area (Å²) in [5.74, 6) is -1.18. The minimum Gasteiger partial charge on any atom is -0.478 e. The zero-order chi connectivity index (χ0) is 18.1. The van der Waals surface area contributed by atoms with Crippen molar-refractivity contribution in [1.82, 2.24) is 9.97 Å². The van der Waals surface area contributed by atoms with Crippen LogP contribution in [0.1, 0.15) is 17.3 Å². The molecule has 1 aromatic heterocycles. The third-order valence-electron chi connectivity index (χ3n) is 3.63. The second-order valence-electron chi connectivity index (χ2n) is 5.41. The van der Waals surface area contributed by atoms with Crippen LogP contribution in [0.15, 0.2) is 36.4 Å². The van der Waals surface area contributed by atoms with Gasteiger partial charge in [-0.1, -0.05) is 12.1 Å². The van der Waals surface area contributed by atoms with E-state index in [1.165, 1.54) is 13.0 Å². The molecule has 6 N–H and O–H groups in total. The second kappa shape index (κ2) is 6.08. The van der Waals surface area contributed by atoms with Crippen molar-refractivity contribution in [1.29, 1.82) is 0 Å². The van der Waals surface area contributed by atoms with Crippen LogP contribution < -0.4 is 16.8 Å². The zero-order valence-corrected chi connectivity index (χ0v) is 13.3. The van der Waals surface area contributed by atoms with Crippen molar-refractivity contribution < 1.29 is 14.7 Å². The molecule has 3 rings (SSSR count). The quantitative estimate of drug-likeness (QED) is 0.573. The summed E-state index contributed by atoms with van der Waals surface area (Å²) in [5, 5.41) is 12.6. The van der Waals surface area contributed by atoms with Gasteiger partial charge in [-0.25, -0.2) is 9.78 Å². The van der Waals surface area contributed by atoms with E-state index in [-0.39, 0.29) is 23.2 Å². The first-order chi connectivity index (χ1) is 11.9. The first kappa shape index (κ1) is 16.2. The molecule has 1 heterocycles. The fourth-order valence-corrected chi connectivity index (χ4v) is 2.67. The molecule has 0 bridgehead atoms. The highest BCUT2D eigenvalue weighted by atomic mass is 16.4. The molecule has 0 radical (unpaired) electrons. The molecular weight excluding hydrogens is 322 g/mol. The molecule has 2 aromatic carbocycles. The van der Waals surface area contributed by atoms with Gasteiger partial charge in [-0.3, -0.25) is 4.79 Å². The second-order valence-corrected chi connectivity index (χ2v) is 5.41. The molecule has 25 heavy (non-hydrogen) atoms. The lowest BCUT2D eigenvalue weighted by Crippen LogP contribution is -2.06. The number of anilines is 3. The highest BCUT2D eigenvalue weighted by molar-refractivity contribution is 6.10. The van der Waals surface area contributed by atoms with E-state index in [0.29, 0.717) is 27.7 Å². The average molecular weight is 337 g/mol. The lowest BCUT2D eigenvalue weighted by atomic mass is 9.95. The van der Waals surface area contributed by atoms with Gasteiger partial charge < -0.3 is 21.9 Å². The van der Waals surface area contributed by atoms with Gasteiger partial charge in [0, 0.05) is 18.2 Å². The van der Waals surface area contributed by atoms with E-state index in [2.05, 4.69) is 15.3 Å². The van der Waals surface area contributed by atoms with Crippen LogP contribution in [0, 0.1) is 0 Å². The number of rotatable bonds is 3. The van der Waals surface area contributed by atoms with Crippen LogP contribution in [-0.4, -0.2) is 27.0 Å². The van der Waals surface area contributed by atoms with Gasteiger partial charge in [-0.2, -0.15) is 4.98 Å². The molecule has 8 nitrogen and oxygen atoms in total. The Balaban J connectivity index is 2.27. The molecule has 0 saturated carbocycles. The number of benzene rings is 2. The molecule has 0 aliphatic rings. The maximum Gasteiger partial charge on any atom is 0.336 e. The van der Waals surface area contributed by atoms with Gasteiger partial charge in [-0.15, -0.1) is 0 Å². The van der Waals surface area contributed by atoms with E-state index in [9.17, 15) is 14.7 Å². The Hall–Kier alpha value is -3.68. The Morgan fingerprint density at radius 1 is 1.04 bits per heavy atom. The molecule has 0 aliphatic heterocycles. The normalized spacial score (nSPS) is 10.6. The summed E-state index contributed by atoms with van der Waals surface area (Å²) in [6, 6.07) is 9.74. The smallest absolute Gasteiger partial charge is 0.336 e. The predicted molar refractivity (Wildman–Crippen MR) is 95.1 cm³/mol. The van der Waals surface area contributed by atoms with Crippen LogP contribution >= 0.6 is 0 Å². The van der Waals surface area contributed by atoms with Crippen LogP contribution in [0.4, 0.5) is 17.5 Å². The Labute approximate surface area is 142 Å². The molecule has 0 aliphatic carbocycles. The van der Waals surface area contributed by atoms with Gasteiger partial charge >= 0.3 is 5.97 Å². The van der Waals surface area contributed by atoms with E-state index in [4.69, 9.17) is 11.5 Å². The minimum atomic E-state index is -1.10. The number of nitrogens with two attached hydrogens (primary N) is 2. The number of aromatic nitrogens is 2. The number of carboxylic acids is 1. The topological polar surface area (TPSA) is 144 Å². The Bertz CT molecular complexity index is 999. The Kier molecular flexibility index (Phi) is 3.94.